The molecule has 1 aliphatic heterocycles. The van der Waals surface area contributed by atoms with E-state index in [1.165, 1.54) is 19.3 Å². The zero-order valence-corrected chi connectivity index (χ0v) is 16.0. The largest absolute Gasteiger partial charge is 0.354 e. The minimum absolute atomic E-state index is 0.739. The minimum atomic E-state index is 0.739. The predicted octanol–water partition coefficient (Wildman–Crippen LogP) is 3.04. The van der Waals surface area contributed by atoms with Gasteiger partial charge in [0, 0.05) is 39.6 Å². The number of nitrogens with one attached hydrogen (secondary N) is 1. The van der Waals surface area contributed by atoms with E-state index >= 15 is 0 Å². The van der Waals surface area contributed by atoms with Gasteiger partial charge < -0.3 is 15.1 Å². The molecule has 2 heterocycles. The molecule has 1 N–H and O–H groups in total. The van der Waals surface area contributed by atoms with Gasteiger partial charge in [-0.05, 0) is 18.3 Å². The first-order valence-electron chi connectivity index (χ1n) is 8.66. The van der Waals surface area contributed by atoms with Gasteiger partial charge in [-0.2, -0.15) is 0 Å². The van der Waals surface area contributed by atoms with Gasteiger partial charge in [-0.1, -0.05) is 26.7 Å². The van der Waals surface area contributed by atoms with Gasteiger partial charge in [0.2, 0.25) is 0 Å². The molecule has 1 fully saturated rings. The molecule has 5 nitrogen and oxygen atoms in total. The average Bonchev–Trinajstić information content (AvgIpc) is 3.19. The third-order valence-electron chi connectivity index (χ3n) is 4.80. The van der Waals surface area contributed by atoms with Crippen LogP contribution in [0.1, 0.15) is 38.8 Å². The molecular formula is C17H31N5S. The van der Waals surface area contributed by atoms with E-state index in [4.69, 9.17) is 0 Å². The minimum Gasteiger partial charge on any atom is -0.354 e. The Bertz CT molecular complexity index is 507. The molecule has 1 aromatic heterocycles. The summed E-state index contributed by atoms with van der Waals surface area (Å²) in [6.45, 7) is 7.61. The highest BCUT2D eigenvalue weighted by molar-refractivity contribution is 7.13. The molecule has 0 amide bonds. The Kier molecular flexibility index (Phi) is 6.69. The van der Waals surface area contributed by atoms with Gasteiger partial charge in [-0.25, -0.2) is 4.98 Å². The molecule has 0 saturated carbocycles. The Labute approximate surface area is 144 Å². The maximum Gasteiger partial charge on any atom is 0.193 e. The average molecular weight is 338 g/mol. The zero-order valence-electron chi connectivity index (χ0n) is 15.2. The first-order chi connectivity index (χ1) is 11.1. The fourth-order valence-corrected chi connectivity index (χ4v) is 4.16. The summed E-state index contributed by atoms with van der Waals surface area (Å²) in [5, 5.41) is 6.64. The lowest BCUT2D eigenvalue weighted by atomic mass is 9.87. The lowest BCUT2D eigenvalue weighted by Gasteiger charge is -2.24. The molecule has 1 aromatic rings. The van der Waals surface area contributed by atoms with Gasteiger partial charge in [-0.3, -0.25) is 4.99 Å². The molecule has 0 aliphatic carbocycles. The van der Waals surface area contributed by atoms with Crippen LogP contribution in [0.2, 0.25) is 0 Å². The summed E-state index contributed by atoms with van der Waals surface area (Å²) in [5.74, 6) is 2.67. The molecule has 1 aliphatic rings. The normalized spacial score (nSPS) is 18.8. The summed E-state index contributed by atoms with van der Waals surface area (Å²) in [6.07, 6.45) is 3.86. The molecule has 1 saturated heterocycles. The van der Waals surface area contributed by atoms with Crippen molar-refractivity contribution in [3.05, 3.63) is 11.1 Å². The maximum absolute atomic E-state index is 4.62. The van der Waals surface area contributed by atoms with Crippen molar-refractivity contribution in [3.8, 4) is 0 Å². The van der Waals surface area contributed by atoms with Gasteiger partial charge in [0.25, 0.3) is 0 Å². The highest BCUT2D eigenvalue weighted by atomic mass is 32.1. The summed E-state index contributed by atoms with van der Waals surface area (Å²) >= 11 is 1.68. The fraction of sp³-hybridized carbons (Fsp3) is 0.765. The molecule has 0 radical (unpaired) electrons. The van der Waals surface area contributed by atoms with Crippen molar-refractivity contribution in [1.82, 2.24) is 15.2 Å². The molecule has 0 bridgehead atoms. The number of likely N-dealkylation sites (tertiary alicyclic amines) is 1. The van der Waals surface area contributed by atoms with Crippen LogP contribution in [0, 0.1) is 11.8 Å². The van der Waals surface area contributed by atoms with Crippen LogP contribution in [-0.2, 0) is 6.54 Å². The number of rotatable bonds is 6. The Balaban J connectivity index is 1.88. The lowest BCUT2D eigenvalue weighted by Crippen LogP contribution is -2.40. The number of aromatic nitrogens is 1. The van der Waals surface area contributed by atoms with Crippen molar-refractivity contribution in [2.24, 2.45) is 16.8 Å². The van der Waals surface area contributed by atoms with Gasteiger partial charge in [0.1, 0.15) is 0 Å². The van der Waals surface area contributed by atoms with E-state index in [0.717, 1.165) is 48.3 Å². The highest BCUT2D eigenvalue weighted by Gasteiger charge is 2.29. The second-order valence-corrected chi connectivity index (χ2v) is 7.32. The number of anilines is 1. The highest BCUT2D eigenvalue weighted by Crippen LogP contribution is 2.28. The number of guanidine groups is 1. The lowest BCUT2D eigenvalue weighted by molar-refractivity contribution is 0.319. The van der Waals surface area contributed by atoms with Crippen LogP contribution in [0.25, 0.3) is 0 Å². The SMILES string of the molecule is CCC(CC)C1CCN(C(=NC)NCc2csc(N(C)C)n2)C1. The van der Waals surface area contributed by atoms with E-state index in [1.807, 2.05) is 26.0 Å². The van der Waals surface area contributed by atoms with Crippen LogP contribution < -0.4 is 10.2 Å². The van der Waals surface area contributed by atoms with Crippen LogP contribution in [-0.4, -0.2) is 50.1 Å². The Hall–Kier alpha value is -1.30. The first-order valence-corrected chi connectivity index (χ1v) is 9.54. The third kappa shape index (κ3) is 4.59. The number of thiazole rings is 1. The van der Waals surface area contributed by atoms with Crippen molar-refractivity contribution in [1.29, 1.82) is 0 Å². The van der Waals surface area contributed by atoms with Crippen LogP contribution in [0.5, 0.6) is 0 Å². The topological polar surface area (TPSA) is 43.8 Å². The molecular weight excluding hydrogens is 306 g/mol. The van der Waals surface area contributed by atoms with Crippen molar-refractivity contribution in [3.63, 3.8) is 0 Å². The summed E-state index contributed by atoms with van der Waals surface area (Å²) in [6, 6.07) is 0. The molecule has 1 unspecified atom stereocenters. The van der Waals surface area contributed by atoms with Gasteiger partial charge in [-0.15, -0.1) is 11.3 Å². The molecule has 2 rings (SSSR count). The summed E-state index contributed by atoms with van der Waals surface area (Å²) in [4.78, 5) is 13.5. The van der Waals surface area contributed by atoms with Crippen LogP contribution >= 0.6 is 11.3 Å². The van der Waals surface area contributed by atoms with E-state index in [1.54, 1.807) is 11.3 Å². The number of hydrogen-bond acceptors (Lipinski definition) is 4. The first kappa shape index (κ1) is 18.0. The second-order valence-electron chi connectivity index (χ2n) is 6.49. The van der Waals surface area contributed by atoms with E-state index in [0.29, 0.717) is 0 Å². The van der Waals surface area contributed by atoms with Crippen molar-refractivity contribution in [2.75, 3.05) is 39.1 Å². The van der Waals surface area contributed by atoms with Crippen LogP contribution in [0.3, 0.4) is 0 Å². The summed E-state index contributed by atoms with van der Waals surface area (Å²) in [5.41, 5.74) is 1.08. The number of nitrogens with zero attached hydrogens (tertiary/aromatic N) is 4. The molecule has 0 aromatic carbocycles. The quantitative estimate of drug-likeness (QED) is 0.640. The van der Waals surface area contributed by atoms with Crippen molar-refractivity contribution in [2.45, 2.75) is 39.7 Å². The molecule has 6 heteroatoms. The molecule has 23 heavy (non-hydrogen) atoms. The smallest absolute Gasteiger partial charge is 0.193 e. The van der Waals surface area contributed by atoms with Crippen LogP contribution in [0.15, 0.2) is 10.4 Å². The Morgan fingerprint density at radius 1 is 1.48 bits per heavy atom. The second kappa shape index (κ2) is 8.52. The maximum atomic E-state index is 4.62. The molecule has 130 valence electrons. The molecule has 0 spiro atoms. The van der Waals surface area contributed by atoms with E-state index in [9.17, 15) is 0 Å². The van der Waals surface area contributed by atoms with Crippen molar-refractivity contribution >= 4 is 22.4 Å². The summed E-state index contributed by atoms with van der Waals surface area (Å²) in [7, 11) is 5.92. The fourth-order valence-electron chi connectivity index (χ4n) is 3.40. The molecule has 1 atom stereocenters. The van der Waals surface area contributed by atoms with Crippen molar-refractivity contribution < 1.29 is 0 Å². The summed E-state index contributed by atoms with van der Waals surface area (Å²) < 4.78 is 0. The zero-order chi connectivity index (χ0) is 16.8. The third-order valence-corrected chi connectivity index (χ3v) is 5.86. The van der Waals surface area contributed by atoms with E-state index in [2.05, 4.69) is 39.4 Å². The van der Waals surface area contributed by atoms with Crippen LogP contribution in [0.4, 0.5) is 5.13 Å². The monoisotopic (exact) mass is 337 g/mol. The Morgan fingerprint density at radius 2 is 2.22 bits per heavy atom. The number of aliphatic imine (C=N–C) groups is 1. The predicted molar refractivity (Wildman–Crippen MR) is 100 cm³/mol. The van der Waals surface area contributed by atoms with E-state index < -0.39 is 0 Å². The van der Waals surface area contributed by atoms with Gasteiger partial charge in [0.05, 0.1) is 12.2 Å². The van der Waals surface area contributed by atoms with Gasteiger partial charge in [0.15, 0.2) is 11.1 Å². The Morgan fingerprint density at radius 3 is 2.78 bits per heavy atom. The van der Waals surface area contributed by atoms with Gasteiger partial charge >= 0.3 is 0 Å². The number of hydrogen-bond donors (Lipinski definition) is 1. The standard InChI is InChI=1S/C17H31N5S/c1-6-13(7-2)14-8-9-22(11-14)16(18-3)19-10-15-12-23-17(20-15)21(4)5/h12-14H,6-11H2,1-5H3,(H,18,19). The van der Waals surface area contributed by atoms with E-state index in [-0.39, 0.29) is 0 Å².